The molecule has 0 heterocycles. The van der Waals surface area contributed by atoms with Crippen LogP contribution >= 0.6 is 7.14 Å². The van der Waals surface area contributed by atoms with E-state index in [9.17, 15) is 9.36 Å². The summed E-state index contributed by atoms with van der Waals surface area (Å²) < 4.78 is 18.9. The zero-order chi connectivity index (χ0) is 21.7. The van der Waals surface area contributed by atoms with Crippen molar-refractivity contribution in [2.24, 2.45) is 11.3 Å². The van der Waals surface area contributed by atoms with E-state index in [1.807, 2.05) is 37.3 Å². The lowest BCUT2D eigenvalue weighted by Gasteiger charge is -2.24. The summed E-state index contributed by atoms with van der Waals surface area (Å²) in [5.74, 6) is -0.177. The first kappa shape index (κ1) is 22.7. The second-order valence-electron chi connectivity index (χ2n) is 7.94. The predicted octanol–water partition coefficient (Wildman–Crippen LogP) is 5.85. The van der Waals surface area contributed by atoms with Gasteiger partial charge in [0.25, 0.3) is 0 Å². The molecular formula is C24H28NO3P. The minimum atomic E-state index is -2.84. The summed E-state index contributed by atoms with van der Waals surface area (Å²) in [4.78, 5) is 12.6. The van der Waals surface area contributed by atoms with E-state index < -0.39 is 12.6 Å². The molecule has 2 aromatic rings. The van der Waals surface area contributed by atoms with Crippen LogP contribution in [0.1, 0.15) is 39.2 Å². The van der Waals surface area contributed by atoms with Gasteiger partial charge in [-0.2, -0.15) is 5.26 Å². The molecule has 2 unspecified atom stereocenters. The van der Waals surface area contributed by atoms with Crippen LogP contribution < -0.4 is 10.0 Å². The minimum absolute atomic E-state index is 0.185. The highest BCUT2D eigenvalue weighted by Gasteiger charge is 2.32. The van der Waals surface area contributed by atoms with Crippen LogP contribution in [0.15, 0.2) is 61.2 Å². The molecule has 0 fully saturated rings. The molecule has 0 bridgehead atoms. The summed E-state index contributed by atoms with van der Waals surface area (Å²) in [5.41, 5.74) is 0.0787. The molecule has 0 aliphatic carbocycles. The summed E-state index contributed by atoms with van der Waals surface area (Å²) in [7, 11) is -2.84. The number of ether oxygens (including phenoxy) is 1. The number of hydrogen-bond donors (Lipinski definition) is 0. The number of esters is 1. The van der Waals surface area contributed by atoms with Crippen molar-refractivity contribution in [3.63, 3.8) is 0 Å². The molecule has 4 nitrogen and oxygen atoms in total. The molecule has 0 radical (unpaired) electrons. The highest BCUT2D eigenvalue weighted by Crippen LogP contribution is 2.53. The molecule has 0 amide bonds. The quantitative estimate of drug-likeness (QED) is 0.312. The SMILES string of the molecule is C=C(c1ccccc1)P(C)(=O)c1ccc(OC(=O)C(C)(C)CC(C#N)CC)cc1. The molecule has 2 aromatic carbocycles. The fourth-order valence-corrected chi connectivity index (χ4v) is 4.73. The lowest BCUT2D eigenvalue weighted by molar-refractivity contribution is -0.144. The second kappa shape index (κ2) is 9.25. The normalized spacial score (nSPS) is 14.3. The largest absolute Gasteiger partial charge is 0.426 e. The monoisotopic (exact) mass is 409 g/mol. The van der Waals surface area contributed by atoms with Crippen LogP contribution in [0, 0.1) is 22.7 Å². The van der Waals surface area contributed by atoms with Gasteiger partial charge < -0.3 is 9.30 Å². The van der Waals surface area contributed by atoms with Gasteiger partial charge in [0.2, 0.25) is 0 Å². The van der Waals surface area contributed by atoms with Crippen LogP contribution in [0.25, 0.3) is 5.31 Å². The molecule has 5 heteroatoms. The fraction of sp³-hybridized carbons (Fsp3) is 0.333. The first-order chi connectivity index (χ1) is 13.6. The van der Waals surface area contributed by atoms with E-state index >= 15 is 0 Å². The molecule has 0 aliphatic heterocycles. The van der Waals surface area contributed by atoms with Crippen LogP contribution in [0.4, 0.5) is 0 Å². The molecule has 0 saturated carbocycles. The van der Waals surface area contributed by atoms with Gasteiger partial charge >= 0.3 is 5.97 Å². The van der Waals surface area contributed by atoms with Crippen molar-refractivity contribution in [2.45, 2.75) is 33.6 Å². The van der Waals surface area contributed by atoms with E-state index in [4.69, 9.17) is 10.00 Å². The number of rotatable bonds is 8. The zero-order valence-electron chi connectivity index (χ0n) is 17.5. The van der Waals surface area contributed by atoms with E-state index in [2.05, 4.69) is 12.6 Å². The third kappa shape index (κ3) is 5.46. The average molecular weight is 409 g/mol. The molecule has 0 aromatic heterocycles. The summed E-state index contributed by atoms with van der Waals surface area (Å²) in [5, 5.41) is 10.4. The standard InChI is InChI=1S/C24H28NO3P/c1-6-19(17-25)16-24(3,4)23(26)28-21-12-14-22(15-13-21)29(5,27)18(2)20-10-8-7-9-11-20/h7-15,19H,2,6,16H2,1,3-5H3. The van der Waals surface area contributed by atoms with Gasteiger partial charge in [-0.1, -0.05) is 43.8 Å². The second-order valence-corrected chi connectivity index (χ2v) is 10.8. The Bertz CT molecular complexity index is 956. The number of benzene rings is 2. The van der Waals surface area contributed by atoms with Crippen molar-refractivity contribution in [3.05, 3.63) is 66.7 Å². The highest BCUT2D eigenvalue weighted by molar-refractivity contribution is 7.80. The van der Waals surface area contributed by atoms with Gasteiger partial charge in [0, 0.05) is 16.5 Å². The van der Waals surface area contributed by atoms with Crippen molar-refractivity contribution < 1.29 is 14.1 Å². The minimum Gasteiger partial charge on any atom is -0.426 e. The van der Waals surface area contributed by atoms with Crippen molar-refractivity contribution in [3.8, 4) is 11.8 Å². The van der Waals surface area contributed by atoms with E-state index in [0.717, 1.165) is 5.56 Å². The highest BCUT2D eigenvalue weighted by atomic mass is 31.2. The van der Waals surface area contributed by atoms with Gasteiger partial charge in [-0.15, -0.1) is 0 Å². The molecule has 2 atom stereocenters. The molecule has 2 rings (SSSR count). The number of carbonyl (C=O) groups is 1. The van der Waals surface area contributed by atoms with Crippen LogP contribution in [-0.4, -0.2) is 12.6 Å². The Labute approximate surface area is 173 Å². The van der Waals surface area contributed by atoms with Crippen molar-refractivity contribution in [1.29, 1.82) is 5.26 Å². The van der Waals surface area contributed by atoms with Crippen molar-refractivity contribution >= 4 is 23.7 Å². The first-order valence-corrected chi connectivity index (χ1v) is 11.8. The summed E-state index contributed by atoms with van der Waals surface area (Å²) in [6.07, 6.45) is 1.14. The third-order valence-corrected chi connectivity index (χ3v) is 7.72. The summed E-state index contributed by atoms with van der Waals surface area (Å²) in [6, 6.07) is 18.4. The van der Waals surface area contributed by atoms with E-state index in [-0.39, 0.29) is 11.9 Å². The molecular weight excluding hydrogens is 381 g/mol. The maximum Gasteiger partial charge on any atom is 0.316 e. The number of carbonyl (C=O) groups excluding carboxylic acids is 1. The van der Waals surface area contributed by atoms with Crippen molar-refractivity contribution in [2.75, 3.05) is 6.66 Å². The Morgan fingerprint density at radius 1 is 1.17 bits per heavy atom. The Balaban J connectivity index is 2.14. The van der Waals surface area contributed by atoms with Crippen LogP contribution in [-0.2, 0) is 9.36 Å². The van der Waals surface area contributed by atoms with Gasteiger partial charge in [0.15, 0.2) is 0 Å². The fourth-order valence-electron chi connectivity index (χ4n) is 3.06. The predicted molar refractivity (Wildman–Crippen MR) is 119 cm³/mol. The van der Waals surface area contributed by atoms with E-state index in [0.29, 0.717) is 29.2 Å². The third-order valence-electron chi connectivity index (χ3n) is 5.15. The first-order valence-electron chi connectivity index (χ1n) is 9.66. The average Bonchev–Trinajstić information content (AvgIpc) is 2.72. The molecule has 29 heavy (non-hydrogen) atoms. The molecule has 0 N–H and O–H groups in total. The zero-order valence-corrected chi connectivity index (χ0v) is 18.4. The molecule has 0 aliphatic rings. The van der Waals surface area contributed by atoms with Gasteiger partial charge in [0.1, 0.15) is 12.9 Å². The van der Waals surface area contributed by atoms with Gasteiger partial charge in [0.05, 0.1) is 11.5 Å². The van der Waals surface area contributed by atoms with E-state index in [1.54, 1.807) is 44.8 Å². The molecule has 152 valence electrons. The van der Waals surface area contributed by atoms with Crippen molar-refractivity contribution in [1.82, 2.24) is 0 Å². The van der Waals surface area contributed by atoms with Crippen LogP contribution in [0.5, 0.6) is 5.75 Å². The van der Waals surface area contributed by atoms with Crippen LogP contribution in [0.2, 0.25) is 0 Å². The van der Waals surface area contributed by atoms with E-state index in [1.165, 1.54) is 0 Å². The maximum atomic E-state index is 13.4. The lowest BCUT2D eigenvalue weighted by atomic mass is 9.82. The summed E-state index contributed by atoms with van der Waals surface area (Å²) >= 11 is 0. The number of nitrogens with zero attached hydrogens (tertiary/aromatic N) is 1. The smallest absolute Gasteiger partial charge is 0.316 e. The lowest BCUT2D eigenvalue weighted by Crippen LogP contribution is -2.31. The van der Waals surface area contributed by atoms with Crippen LogP contribution in [0.3, 0.4) is 0 Å². The Kier molecular flexibility index (Phi) is 7.22. The molecule has 0 spiro atoms. The Morgan fingerprint density at radius 2 is 1.76 bits per heavy atom. The summed E-state index contributed by atoms with van der Waals surface area (Å²) in [6.45, 7) is 11.2. The van der Waals surface area contributed by atoms with Gasteiger partial charge in [-0.25, -0.2) is 0 Å². The van der Waals surface area contributed by atoms with Gasteiger partial charge in [-0.3, -0.25) is 4.79 Å². The maximum absolute atomic E-state index is 13.4. The Morgan fingerprint density at radius 3 is 2.28 bits per heavy atom. The number of nitriles is 1. The topological polar surface area (TPSA) is 67.2 Å². The number of hydrogen-bond acceptors (Lipinski definition) is 4. The van der Waals surface area contributed by atoms with Gasteiger partial charge in [-0.05, 0) is 63.2 Å². The Hall–Kier alpha value is -2.63. The molecule has 0 saturated heterocycles.